The highest BCUT2D eigenvalue weighted by atomic mass is 32.2. The number of hydrogen-bond donors (Lipinski definition) is 1. The molecular weight excluding hydrogens is 425 g/mol. The molecule has 0 radical (unpaired) electrons. The SMILES string of the molecule is O=C(CSc1nnc(-c2ccccc2)n1-c1ccc(F)cc1)Nc1cc(F)ccc1F. The van der Waals surface area contributed by atoms with Crippen LogP contribution in [-0.4, -0.2) is 26.4 Å². The maximum atomic E-state index is 13.8. The minimum absolute atomic E-state index is 0.121. The number of halogens is 3. The highest BCUT2D eigenvalue weighted by Crippen LogP contribution is 2.28. The van der Waals surface area contributed by atoms with Crippen LogP contribution in [0.25, 0.3) is 17.1 Å². The van der Waals surface area contributed by atoms with Gasteiger partial charge in [-0.25, -0.2) is 13.2 Å². The van der Waals surface area contributed by atoms with Crippen LogP contribution < -0.4 is 5.32 Å². The Morgan fingerprint density at radius 3 is 2.35 bits per heavy atom. The highest BCUT2D eigenvalue weighted by molar-refractivity contribution is 7.99. The van der Waals surface area contributed by atoms with Gasteiger partial charge >= 0.3 is 0 Å². The van der Waals surface area contributed by atoms with Crippen molar-refractivity contribution in [2.24, 2.45) is 0 Å². The largest absolute Gasteiger partial charge is 0.323 e. The summed E-state index contributed by atoms with van der Waals surface area (Å²) < 4.78 is 42.2. The maximum Gasteiger partial charge on any atom is 0.234 e. The second-order valence-electron chi connectivity index (χ2n) is 6.45. The molecule has 4 aromatic rings. The van der Waals surface area contributed by atoms with E-state index in [2.05, 4.69) is 15.5 Å². The third kappa shape index (κ3) is 4.77. The van der Waals surface area contributed by atoms with Crippen LogP contribution in [0.4, 0.5) is 18.9 Å². The molecule has 4 rings (SSSR count). The van der Waals surface area contributed by atoms with Crippen molar-refractivity contribution in [3.8, 4) is 17.1 Å². The molecule has 0 aliphatic carbocycles. The lowest BCUT2D eigenvalue weighted by molar-refractivity contribution is -0.113. The van der Waals surface area contributed by atoms with E-state index in [9.17, 15) is 18.0 Å². The van der Waals surface area contributed by atoms with E-state index in [1.54, 1.807) is 16.7 Å². The number of hydrogen-bond acceptors (Lipinski definition) is 4. The van der Waals surface area contributed by atoms with E-state index in [1.165, 1.54) is 12.1 Å². The Labute approximate surface area is 179 Å². The van der Waals surface area contributed by atoms with E-state index in [-0.39, 0.29) is 17.3 Å². The molecule has 1 heterocycles. The fourth-order valence-corrected chi connectivity index (χ4v) is 3.62. The van der Waals surface area contributed by atoms with Crippen LogP contribution in [0.5, 0.6) is 0 Å². The van der Waals surface area contributed by atoms with Crippen LogP contribution in [0, 0.1) is 17.5 Å². The van der Waals surface area contributed by atoms with Gasteiger partial charge in [-0.05, 0) is 36.4 Å². The number of amides is 1. The van der Waals surface area contributed by atoms with Gasteiger partial charge in [0.25, 0.3) is 0 Å². The van der Waals surface area contributed by atoms with Crippen molar-refractivity contribution >= 4 is 23.4 Å². The molecule has 1 amide bonds. The average Bonchev–Trinajstić information content (AvgIpc) is 3.20. The summed E-state index contributed by atoms with van der Waals surface area (Å²) in [6.45, 7) is 0. The molecule has 9 heteroatoms. The number of carbonyl (C=O) groups excluding carboxylic acids is 1. The monoisotopic (exact) mass is 440 g/mol. The Hall–Kier alpha value is -3.59. The zero-order chi connectivity index (χ0) is 21.8. The predicted molar refractivity (Wildman–Crippen MR) is 112 cm³/mol. The van der Waals surface area contributed by atoms with E-state index in [0.717, 1.165) is 35.5 Å². The lowest BCUT2D eigenvalue weighted by Crippen LogP contribution is -2.15. The number of benzene rings is 3. The standard InChI is InChI=1S/C22H15F3N4OS/c23-15-6-9-17(10-7-15)29-21(14-4-2-1-3-5-14)27-28-22(29)31-13-20(30)26-19-12-16(24)8-11-18(19)25/h1-12H,13H2,(H,26,30). The van der Waals surface area contributed by atoms with Crippen LogP contribution in [0.3, 0.4) is 0 Å². The predicted octanol–water partition coefficient (Wildman–Crippen LogP) is 5.08. The molecule has 0 saturated heterocycles. The van der Waals surface area contributed by atoms with Crippen LogP contribution in [-0.2, 0) is 4.79 Å². The van der Waals surface area contributed by atoms with Crippen LogP contribution in [0.15, 0.2) is 78.0 Å². The van der Waals surface area contributed by atoms with Gasteiger partial charge in [-0.15, -0.1) is 10.2 Å². The van der Waals surface area contributed by atoms with Crippen molar-refractivity contribution < 1.29 is 18.0 Å². The van der Waals surface area contributed by atoms with Gasteiger partial charge in [0.1, 0.15) is 17.5 Å². The maximum absolute atomic E-state index is 13.8. The second-order valence-corrected chi connectivity index (χ2v) is 7.39. The van der Waals surface area contributed by atoms with Crippen molar-refractivity contribution in [2.75, 3.05) is 11.1 Å². The molecule has 156 valence electrons. The van der Waals surface area contributed by atoms with Gasteiger partial charge in [-0.1, -0.05) is 42.1 Å². The van der Waals surface area contributed by atoms with Gasteiger partial charge < -0.3 is 5.32 Å². The Bertz CT molecular complexity index is 1210. The van der Waals surface area contributed by atoms with Crippen molar-refractivity contribution in [1.82, 2.24) is 14.8 Å². The summed E-state index contributed by atoms with van der Waals surface area (Å²) in [5.74, 6) is -1.92. The van der Waals surface area contributed by atoms with E-state index in [0.29, 0.717) is 16.7 Å². The van der Waals surface area contributed by atoms with Crippen molar-refractivity contribution in [3.63, 3.8) is 0 Å². The van der Waals surface area contributed by atoms with Crippen molar-refractivity contribution in [2.45, 2.75) is 5.16 Å². The summed E-state index contributed by atoms with van der Waals surface area (Å²) in [5.41, 5.74) is 1.16. The topological polar surface area (TPSA) is 59.8 Å². The summed E-state index contributed by atoms with van der Waals surface area (Å²) in [4.78, 5) is 12.3. The van der Waals surface area contributed by atoms with Gasteiger partial charge in [0.05, 0.1) is 11.4 Å². The Kier molecular flexibility index (Phi) is 6.03. The molecule has 1 aromatic heterocycles. The first-order valence-electron chi connectivity index (χ1n) is 9.16. The molecule has 0 spiro atoms. The van der Waals surface area contributed by atoms with E-state index in [1.807, 2.05) is 30.3 Å². The highest BCUT2D eigenvalue weighted by Gasteiger charge is 2.18. The molecule has 0 atom stereocenters. The number of rotatable bonds is 6. The third-order valence-corrected chi connectivity index (χ3v) is 5.21. The number of nitrogens with zero attached hydrogens (tertiary/aromatic N) is 3. The number of nitrogens with one attached hydrogen (secondary N) is 1. The third-order valence-electron chi connectivity index (χ3n) is 4.29. The molecule has 0 bridgehead atoms. The fourth-order valence-electron chi connectivity index (χ4n) is 2.87. The van der Waals surface area contributed by atoms with Gasteiger partial charge in [-0.2, -0.15) is 0 Å². The molecule has 0 unspecified atom stereocenters. The Balaban J connectivity index is 1.59. The van der Waals surface area contributed by atoms with Gasteiger partial charge in [-0.3, -0.25) is 9.36 Å². The molecule has 3 aromatic carbocycles. The number of carbonyl (C=O) groups is 1. The lowest BCUT2D eigenvalue weighted by Gasteiger charge is -2.11. The number of aromatic nitrogens is 3. The molecule has 0 aliphatic heterocycles. The minimum Gasteiger partial charge on any atom is -0.323 e. The summed E-state index contributed by atoms with van der Waals surface area (Å²) in [5, 5.41) is 11.1. The number of thioether (sulfide) groups is 1. The molecule has 5 nitrogen and oxygen atoms in total. The minimum atomic E-state index is -0.736. The van der Waals surface area contributed by atoms with Crippen LogP contribution in [0.2, 0.25) is 0 Å². The van der Waals surface area contributed by atoms with Gasteiger partial charge in [0.15, 0.2) is 11.0 Å². The first-order valence-corrected chi connectivity index (χ1v) is 10.1. The number of anilines is 1. The zero-order valence-electron chi connectivity index (χ0n) is 15.9. The summed E-state index contributed by atoms with van der Waals surface area (Å²) in [6, 6.07) is 17.9. The molecule has 0 aliphatic rings. The van der Waals surface area contributed by atoms with Gasteiger partial charge in [0, 0.05) is 17.3 Å². The van der Waals surface area contributed by atoms with Crippen molar-refractivity contribution in [1.29, 1.82) is 0 Å². The zero-order valence-corrected chi connectivity index (χ0v) is 16.7. The Morgan fingerprint density at radius 2 is 1.61 bits per heavy atom. The summed E-state index contributed by atoms with van der Waals surface area (Å²) in [6.07, 6.45) is 0. The van der Waals surface area contributed by atoms with E-state index in [4.69, 9.17) is 0 Å². The van der Waals surface area contributed by atoms with E-state index >= 15 is 0 Å². The van der Waals surface area contributed by atoms with E-state index < -0.39 is 17.5 Å². The molecular formula is C22H15F3N4OS. The molecule has 0 fully saturated rings. The first kappa shape index (κ1) is 20.7. The molecule has 31 heavy (non-hydrogen) atoms. The molecule has 1 N–H and O–H groups in total. The summed E-state index contributed by atoms with van der Waals surface area (Å²) in [7, 11) is 0. The van der Waals surface area contributed by atoms with Crippen molar-refractivity contribution in [3.05, 3.63) is 90.2 Å². The Morgan fingerprint density at radius 1 is 0.903 bits per heavy atom. The lowest BCUT2D eigenvalue weighted by atomic mass is 10.2. The quantitative estimate of drug-likeness (QED) is 0.425. The normalized spacial score (nSPS) is 10.8. The second kappa shape index (κ2) is 9.05. The van der Waals surface area contributed by atoms with Crippen LogP contribution in [0.1, 0.15) is 0 Å². The summed E-state index contributed by atoms with van der Waals surface area (Å²) >= 11 is 1.07. The first-order chi connectivity index (χ1) is 15.0. The van der Waals surface area contributed by atoms with Gasteiger partial charge in [0.2, 0.25) is 5.91 Å². The fraction of sp³-hybridized carbons (Fsp3) is 0.0455. The van der Waals surface area contributed by atoms with Crippen LogP contribution >= 0.6 is 11.8 Å². The molecule has 0 saturated carbocycles. The average molecular weight is 440 g/mol. The smallest absolute Gasteiger partial charge is 0.234 e.